The lowest BCUT2D eigenvalue weighted by atomic mass is 10.2. The van der Waals surface area contributed by atoms with Crippen molar-refractivity contribution in [1.29, 1.82) is 0 Å². The Hall–Kier alpha value is -2.50. The van der Waals surface area contributed by atoms with E-state index in [0.717, 1.165) is 11.4 Å². The highest BCUT2D eigenvalue weighted by Gasteiger charge is 2.18. The van der Waals surface area contributed by atoms with Gasteiger partial charge in [0.15, 0.2) is 0 Å². The molecule has 0 radical (unpaired) electrons. The van der Waals surface area contributed by atoms with Crippen molar-refractivity contribution < 1.29 is 22.7 Å². The number of carbonyl (C=O) groups excluding carboxylic acids is 2. The molecule has 0 bridgehead atoms. The number of aryl methyl sites for hydroxylation is 2. The third-order valence-corrected chi connectivity index (χ3v) is 6.60. The smallest absolute Gasteiger partial charge is 0.407 e. The Morgan fingerprint density at radius 1 is 1.19 bits per heavy atom. The number of amides is 2. The number of carbonyl (C=O) groups is 2. The van der Waals surface area contributed by atoms with Gasteiger partial charge >= 0.3 is 6.09 Å². The lowest BCUT2D eigenvalue weighted by Gasteiger charge is -2.19. The molecule has 2 amide bonds. The summed E-state index contributed by atoms with van der Waals surface area (Å²) in [7, 11) is -3.83. The fourth-order valence-electron chi connectivity index (χ4n) is 2.49. The normalized spacial score (nSPS) is 11.8. The summed E-state index contributed by atoms with van der Waals surface area (Å²) in [6.07, 6.45) is 0.113. The van der Waals surface area contributed by atoms with Gasteiger partial charge < -0.3 is 15.4 Å². The molecule has 11 heteroatoms. The van der Waals surface area contributed by atoms with Crippen molar-refractivity contribution >= 4 is 39.0 Å². The SMILES string of the molecule is CCc1nc(C)c(C(=O)Nc2cccc(S(=O)(=O)NCCNC(=O)OC(C)(C)C)c2)s1. The van der Waals surface area contributed by atoms with E-state index in [0.29, 0.717) is 16.3 Å². The number of hydrogen-bond acceptors (Lipinski definition) is 7. The van der Waals surface area contributed by atoms with E-state index in [1.54, 1.807) is 39.8 Å². The van der Waals surface area contributed by atoms with Crippen LogP contribution in [0.1, 0.15) is 48.1 Å². The number of nitrogens with zero attached hydrogens (tertiary/aromatic N) is 1. The molecule has 0 aliphatic heterocycles. The Kier molecular flexibility index (Phi) is 8.15. The van der Waals surface area contributed by atoms with Gasteiger partial charge in [-0.05, 0) is 52.3 Å². The molecule has 0 aliphatic rings. The van der Waals surface area contributed by atoms with Crippen molar-refractivity contribution in [2.24, 2.45) is 0 Å². The van der Waals surface area contributed by atoms with Crippen LogP contribution in [0.5, 0.6) is 0 Å². The lowest BCUT2D eigenvalue weighted by molar-refractivity contribution is 0.0528. The lowest BCUT2D eigenvalue weighted by Crippen LogP contribution is -2.37. The van der Waals surface area contributed by atoms with Crippen LogP contribution in [0.4, 0.5) is 10.5 Å². The van der Waals surface area contributed by atoms with Crippen molar-refractivity contribution in [3.05, 3.63) is 39.8 Å². The second kappa shape index (κ2) is 10.2. The zero-order valence-electron chi connectivity index (χ0n) is 18.2. The minimum atomic E-state index is -3.83. The standard InChI is InChI=1S/C20H28N4O5S2/c1-6-16-23-13(2)17(30-16)18(25)24-14-8-7-9-15(12-14)31(27,28)22-11-10-21-19(26)29-20(3,4)5/h7-9,12,22H,6,10-11H2,1-5H3,(H,21,26)(H,24,25). The summed E-state index contributed by atoms with van der Waals surface area (Å²) in [6, 6.07) is 5.95. The first-order valence-electron chi connectivity index (χ1n) is 9.75. The molecule has 1 heterocycles. The van der Waals surface area contributed by atoms with Crippen LogP contribution in [-0.4, -0.2) is 44.1 Å². The second-order valence-corrected chi connectivity index (χ2v) is 10.5. The van der Waals surface area contributed by atoms with E-state index in [1.165, 1.54) is 23.5 Å². The summed E-state index contributed by atoms with van der Waals surface area (Å²) in [6.45, 7) is 8.98. The molecule has 0 unspecified atom stereocenters. The molecule has 0 saturated carbocycles. The van der Waals surface area contributed by atoms with E-state index in [-0.39, 0.29) is 23.9 Å². The van der Waals surface area contributed by atoms with E-state index >= 15 is 0 Å². The van der Waals surface area contributed by atoms with E-state index < -0.39 is 21.7 Å². The first kappa shape index (κ1) is 24.8. The van der Waals surface area contributed by atoms with Gasteiger partial charge in [-0.25, -0.2) is 22.9 Å². The number of benzene rings is 1. The van der Waals surface area contributed by atoms with E-state index in [2.05, 4.69) is 20.3 Å². The summed E-state index contributed by atoms with van der Waals surface area (Å²) in [5.74, 6) is -0.334. The van der Waals surface area contributed by atoms with Crippen LogP contribution in [0.15, 0.2) is 29.2 Å². The molecule has 2 rings (SSSR count). The largest absolute Gasteiger partial charge is 0.444 e. The van der Waals surface area contributed by atoms with Crippen LogP contribution in [-0.2, 0) is 21.2 Å². The van der Waals surface area contributed by atoms with Gasteiger partial charge in [-0.15, -0.1) is 11.3 Å². The summed E-state index contributed by atoms with van der Waals surface area (Å²) in [4.78, 5) is 29.0. The Bertz CT molecular complexity index is 1040. The predicted octanol–water partition coefficient (Wildman–Crippen LogP) is 3.07. The van der Waals surface area contributed by atoms with E-state index in [9.17, 15) is 18.0 Å². The molecular weight excluding hydrogens is 440 g/mol. The van der Waals surface area contributed by atoms with E-state index in [4.69, 9.17) is 4.74 Å². The molecule has 0 spiro atoms. The molecule has 3 N–H and O–H groups in total. The van der Waals surface area contributed by atoms with E-state index in [1.807, 2.05) is 6.92 Å². The Balaban J connectivity index is 1.97. The summed E-state index contributed by atoms with van der Waals surface area (Å²) in [5, 5.41) is 6.06. The number of ether oxygens (including phenoxy) is 1. The molecule has 0 saturated heterocycles. The summed E-state index contributed by atoms with van der Waals surface area (Å²) in [5.41, 5.74) is 0.359. The molecular formula is C20H28N4O5S2. The molecule has 31 heavy (non-hydrogen) atoms. The first-order chi connectivity index (χ1) is 14.4. The van der Waals surface area contributed by atoms with Gasteiger partial charge in [-0.3, -0.25) is 4.79 Å². The third-order valence-electron chi connectivity index (χ3n) is 3.84. The maximum absolute atomic E-state index is 12.5. The van der Waals surface area contributed by atoms with Crippen molar-refractivity contribution in [3.8, 4) is 0 Å². The number of sulfonamides is 1. The zero-order chi connectivity index (χ0) is 23.2. The van der Waals surface area contributed by atoms with Gasteiger partial charge in [0.05, 0.1) is 15.6 Å². The molecule has 1 aromatic heterocycles. The van der Waals surface area contributed by atoms with Gasteiger partial charge in [0.25, 0.3) is 5.91 Å². The van der Waals surface area contributed by atoms with Crippen LogP contribution < -0.4 is 15.4 Å². The van der Waals surface area contributed by atoms with Gasteiger partial charge in [-0.1, -0.05) is 13.0 Å². The monoisotopic (exact) mass is 468 g/mol. The maximum atomic E-state index is 12.5. The van der Waals surface area contributed by atoms with Crippen LogP contribution in [0, 0.1) is 6.92 Å². The summed E-state index contributed by atoms with van der Waals surface area (Å²) >= 11 is 1.32. The maximum Gasteiger partial charge on any atom is 0.407 e. The minimum absolute atomic E-state index is 0.00200. The Labute approximate surface area is 186 Å². The number of rotatable bonds is 8. The van der Waals surface area contributed by atoms with Crippen LogP contribution >= 0.6 is 11.3 Å². The number of alkyl carbamates (subject to hydrolysis) is 1. The molecule has 2 aromatic rings. The van der Waals surface area contributed by atoms with Gasteiger partial charge in [0.1, 0.15) is 10.5 Å². The fourth-order valence-corrected chi connectivity index (χ4v) is 4.47. The molecule has 0 aliphatic carbocycles. The van der Waals surface area contributed by atoms with Gasteiger partial charge in [-0.2, -0.15) is 0 Å². The summed E-state index contributed by atoms with van der Waals surface area (Å²) < 4.78 is 32.6. The van der Waals surface area contributed by atoms with Crippen LogP contribution in [0.2, 0.25) is 0 Å². The Morgan fingerprint density at radius 2 is 1.90 bits per heavy atom. The van der Waals surface area contributed by atoms with Crippen LogP contribution in [0.3, 0.4) is 0 Å². The fraction of sp³-hybridized carbons (Fsp3) is 0.450. The number of nitrogens with one attached hydrogen (secondary N) is 3. The topological polar surface area (TPSA) is 126 Å². The minimum Gasteiger partial charge on any atom is -0.444 e. The van der Waals surface area contributed by atoms with Crippen molar-refractivity contribution in [2.75, 3.05) is 18.4 Å². The average Bonchev–Trinajstić information content (AvgIpc) is 3.05. The molecule has 9 nitrogen and oxygen atoms in total. The molecule has 0 fully saturated rings. The highest BCUT2D eigenvalue weighted by molar-refractivity contribution is 7.89. The quantitative estimate of drug-likeness (QED) is 0.511. The number of aromatic nitrogens is 1. The van der Waals surface area contributed by atoms with Crippen LogP contribution in [0.25, 0.3) is 0 Å². The highest BCUT2D eigenvalue weighted by atomic mass is 32.2. The van der Waals surface area contributed by atoms with Gasteiger partial charge in [0.2, 0.25) is 10.0 Å². The first-order valence-corrected chi connectivity index (χ1v) is 12.1. The highest BCUT2D eigenvalue weighted by Crippen LogP contribution is 2.21. The average molecular weight is 469 g/mol. The Morgan fingerprint density at radius 3 is 2.52 bits per heavy atom. The third kappa shape index (κ3) is 7.60. The molecule has 1 aromatic carbocycles. The molecule has 0 atom stereocenters. The number of anilines is 1. The van der Waals surface area contributed by atoms with Crippen molar-refractivity contribution in [2.45, 2.75) is 51.5 Å². The van der Waals surface area contributed by atoms with Crippen molar-refractivity contribution in [1.82, 2.24) is 15.0 Å². The second-order valence-electron chi connectivity index (χ2n) is 7.68. The van der Waals surface area contributed by atoms with Crippen molar-refractivity contribution in [3.63, 3.8) is 0 Å². The zero-order valence-corrected chi connectivity index (χ0v) is 19.9. The van der Waals surface area contributed by atoms with Gasteiger partial charge in [0, 0.05) is 18.8 Å². The number of hydrogen-bond donors (Lipinski definition) is 3. The number of thiazole rings is 1. The predicted molar refractivity (Wildman–Crippen MR) is 120 cm³/mol. The molecule has 170 valence electrons.